The molecular weight excluding hydrogens is 390 g/mol. The number of nitrogens with zero attached hydrogens (tertiary/aromatic N) is 3. The first-order valence-corrected chi connectivity index (χ1v) is 9.87. The highest BCUT2D eigenvalue weighted by Gasteiger charge is 2.13. The molecule has 0 spiro atoms. The number of aromatic nitrogens is 2. The fourth-order valence-electron chi connectivity index (χ4n) is 2.92. The Labute approximate surface area is 182 Å². The minimum Gasteiger partial charge on any atom is -0.492 e. The summed E-state index contributed by atoms with van der Waals surface area (Å²) in [5.41, 5.74) is 2.81. The number of anilines is 3. The van der Waals surface area contributed by atoms with E-state index in [0.29, 0.717) is 35.9 Å². The van der Waals surface area contributed by atoms with Crippen LogP contribution in [0.5, 0.6) is 5.75 Å². The van der Waals surface area contributed by atoms with Crippen LogP contribution in [0, 0.1) is 12.3 Å². The summed E-state index contributed by atoms with van der Waals surface area (Å²) in [6.45, 7) is 3.01. The van der Waals surface area contributed by atoms with Crippen LogP contribution in [-0.4, -0.2) is 48.0 Å². The predicted molar refractivity (Wildman–Crippen MR) is 125 cm³/mol. The van der Waals surface area contributed by atoms with Crippen molar-refractivity contribution in [2.75, 3.05) is 37.9 Å². The quantitative estimate of drug-likeness (QED) is 0.430. The van der Waals surface area contributed by atoms with Gasteiger partial charge in [-0.05, 0) is 45.3 Å². The molecule has 0 aliphatic rings. The van der Waals surface area contributed by atoms with Gasteiger partial charge in [-0.1, -0.05) is 18.1 Å². The molecule has 7 heteroatoms. The lowest BCUT2D eigenvalue weighted by atomic mass is 10.1. The first-order valence-electron chi connectivity index (χ1n) is 9.87. The molecule has 1 amide bonds. The Kier molecular flexibility index (Phi) is 7.20. The van der Waals surface area contributed by atoms with Gasteiger partial charge in [-0.2, -0.15) is 0 Å². The molecule has 31 heavy (non-hydrogen) atoms. The zero-order chi connectivity index (χ0) is 22.2. The second kappa shape index (κ2) is 10.2. The molecule has 0 atom stereocenters. The van der Waals surface area contributed by atoms with Gasteiger partial charge in [0, 0.05) is 35.3 Å². The van der Waals surface area contributed by atoms with E-state index in [1.54, 1.807) is 12.1 Å². The highest BCUT2D eigenvalue weighted by molar-refractivity contribution is 6.03. The number of terminal acetylenes is 1. The summed E-state index contributed by atoms with van der Waals surface area (Å²) in [5, 5.41) is 6.91. The first-order chi connectivity index (χ1) is 15.0. The minimum absolute atomic E-state index is 0.241. The van der Waals surface area contributed by atoms with Gasteiger partial charge in [-0.15, -0.1) is 6.42 Å². The van der Waals surface area contributed by atoms with Crippen LogP contribution in [0.2, 0.25) is 0 Å². The van der Waals surface area contributed by atoms with Gasteiger partial charge in [0.15, 0.2) is 0 Å². The van der Waals surface area contributed by atoms with Crippen LogP contribution in [0.25, 0.3) is 10.9 Å². The summed E-state index contributed by atoms with van der Waals surface area (Å²) in [6, 6.07) is 11.1. The molecule has 0 aliphatic carbocycles. The summed E-state index contributed by atoms with van der Waals surface area (Å²) < 4.78 is 5.73. The molecule has 2 N–H and O–H groups in total. The standard InChI is InChI=1S/C24H25N5O2/c1-5-17-9-7-10-18(13-17)27-24-19-14-21(28-23(30)11-8-12-29(3)4)22(31-6-2)15-20(19)25-16-26-24/h1,7-11,13-16H,6,12H2,2-4H3,(H,28,30)(H,25,26,27). The van der Waals surface area contributed by atoms with Crippen LogP contribution in [0.4, 0.5) is 17.2 Å². The number of benzene rings is 2. The summed E-state index contributed by atoms with van der Waals surface area (Å²) in [5.74, 6) is 3.52. The van der Waals surface area contributed by atoms with Gasteiger partial charge in [-0.25, -0.2) is 9.97 Å². The van der Waals surface area contributed by atoms with Gasteiger partial charge < -0.3 is 20.3 Å². The lowest BCUT2D eigenvalue weighted by Crippen LogP contribution is -2.13. The normalized spacial score (nSPS) is 10.9. The Bertz CT molecular complexity index is 1150. The lowest BCUT2D eigenvalue weighted by Gasteiger charge is -2.14. The molecule has 3 rings (SSSR count). The topological polar surface area (TPSA) is 79.4 Å². The third-order valence-corrected chi connectivity index (χ3v) is 4.33. The molecule has 0 radical (unpaired) electrons. The van der Waals surface area contributed by atoms with E-state index in [2.05, 4.69) is 26.5 Å². The van der Waals surface area contributed by atoms with E-state index in [9.17, 15) is 4.79 Å². The van der Waals surface area contributed by atoms with Crippen LogP contribution in [0.1, 0.15) is 12.5 Å². The van der Waals surface area contributed by atoms with Gasteiger partial charge in [0.05, 0.1) is 17.8 Å². The number of fused-ring (bicyclic) bond motifs is 1. The number of ether oxygens (including phenoxy) is 1. The highest BCUT2D eigenvalue weighted by Crippen LogP contribution is 2.33. The second-order valence-corrected chi connectivity index (χ2v) is 7.02. The van der Waals surface area contributed by atoms with Crippen LogP contribution in [0.3, 0.4) is 0 Å². The largest absolute Gasteiger partial charge is 0.492 e. The Morgan fingerprint density at radius 3 is 2.84 bits per heavy atom. The lowest BCUT2D eigenvalue weighted by molar-refractivity contribution is -0.111. The average Bonchev–Trinajstić information content (AvgIpc) is 2.74. The molecule has 158 valence electrons. The molecule has 1 heterocycles. The maximum atomic E-state index is 12.4. The second-order valence-electron chi connectivity index (χ2n) is 7.02. The van der Waals surface area contributed by atoms with Gasteiger partial charge >= 0.3 is 0 Å². The molecule has 0 fully saturated rings. The number of carbonyl (C=O) groups is 1. The molecule has 3 aromatic rings. The van der Waals surface area contributed by atoms with Gasteiger partial charge in [-0.3, -0.25) is 4.79 Å². The Morgan fingerprint density at radius 2 is 2.10 bits per heavy atom. The van der Waals surface area contributed by atoms with Crippen LogP contribution < -0.4 is 15.4 Å². The predicted octanol–water partition coefficient (Wildman–Crippen LogP) is 3.81. The van der Waals surface area contributed by atoms with Crippen molar-refractivity contribution in [3.63, 3.8) is 0 Å². The number of hydrogen-bond acceptors (Lipinski definition) is 6. The van der Waals surface area contributed by atoms with E-state index >= 15 is 0 Å². The van der Waals surface area contributed by atoms with E-state index in [-0.39, 0.29) is 5.91 Å². The van der Waals surface area contributed by atoms with Crippen molar-refractivity contribution in [1.29, 1.82) is 0 Å². The van der Waals surface area contributed by atoms with Crippen molar-refractivity contribution in [2.45, 2.75) is 6.92 Å². The number of hydrogen-bond donors (Lipinski definition) is 2. The summed E-state index contributed by atoms with van der Waals surface area (Å²) in [7, 11) is 3.87. The van der Waals surface area contributed by atoms with Gasteiger partial charge in [0.25, 0.3) is 0 Å². The molecule has 2 aromatic carbocycles. The smallest absolute Gasteiger partial charge is 0.248 e. The van der Waals surface area contributed by atoms with Crippen molar-refractivity contribution in [2.24, 2.45) is 0 Å². The van der Waals surface area contributed by atoms with Crippen molar-refractivity contribution in [3.8, 4) is 18.1 Å². The molecule has 0 bridgehead atoms. The fourth-order valence-corrected chi connectivity index (χ4v) is 2.92. The van der Waals surface area contributed by atoms with Crippen LogP contribution in [0.15, 0.2) is 54.9 Å². The Morgan fingerprint density at radius 1 is 1.26 bits per heavy atom. The van der Waals surface area contributed by atoms with Crippen LogP contribution in [-0.2, 0) is 4.79 Å². The number of nitrogens with one attached hydrogen (secondary N) is 2. The number of likely N-dealkylation sites (N-methyl/N-ethyl adjacent to an activating group) is 1. The fraction of sp³-hybridized carbons (Fsp3) is 0.208. The average molecular weight is 415 g/mol. The molecule has 0 aliphatic heterocycles. The van der Waals surface area contributed by atoms with Gasteiger partial charge in [0.2, 0.25) is 5.91 Å². The minimum atomic E-state index is -0.241. The third-order valence-electron chi connectivity index (χ3n) is 4.33. The molecule has 0 unspecified atom stereocenters. The molecular formula is C24H25N5O2. The zero-order valence-electron chi connectivity index (χ0n) is 17.8. The summed E-state index contributed by atoms with van der Waals surface area (Å²) >= 11 is 0. The summed E-state index contributed by atoms with van der Waals surface area (Å²) in [4.78, 5) is 23.1. The maximum Gasteiger partial charge on any atom is 0.248 e. The highest BCUT2D eigenvalue weighted by atomic mass is 16.5. The zero-order valence-corrected chi connectivity index (χ0v) is 17.8. The number of carbonyl (C=O) groups excluding carboxylic acids is 1. The van der Waals surface area contributed by atoms with E-state index in [1.807, 2.05) is 56.3 Å². The van der Waals surface area contributed by atoms with Crippen LogP contribution >= 0.6 is 0 Å². The Balaban J connectivity index is 1.96. The summed E-state index contributed by atoms with van der Waals surface area (Å²) in [6.07, 6.45) is 10.3. The van der Waals surface area contributed by atoms with E-state index in [1.165, 1.54) is 12.4 Å². The molecule has 7 nitrogen and oxygen atoms in total. The van der Waals surface area contributed by atoms with E-state index < -0.39 is 0 Å². The van der Waals surface area contributed by atoms with E-state index in [0.717, 1.165) is 16.6 Å². The van der Waals surface area contributed by atoms with E-state index in [4.69, 9.17) is 11.2 Å². The monoisotopic (exact) mass is 415 g/mol. The van der Waals surface area contributed by atoms with Crippen molar-refractivity contribution in [3.05, 3.63) is 60.4 Å². The van der Waals surface area contributed by atoms with Crippen molar-refractivity contribution >= 4 is 34.0 Å². The molecule has 0 saturated heterocycles. The number of amides is 1. The SMILES string of the molecule is C#Cc1cccc(Nc2ncnc3cc(OCC)c(NC(=O)C=CCN(C)C)cc23)c1. The number of rotatable bonds is 8. The third kappa shape index (κ3) is 5.81. The molecule has 1 aromatic heterocycles. The maximum absolute atomic E-state index is 12.4. The van der Waals surface area contributed by atoms with Crippen molar-refractivity contribution in [1.82, 2.24) is 14.9 Å². The van der Waals surface area contributed by atoms with Crippen molar-refractivity contribution < 1.29 is 9.53 Å². The first kappa shape index (κ1) is 21.8. The van der Waals surface area contributed by atoms with Gasteiger partial charge in [0.1, 0.15) is 17.9 Å². The molecule has 0 saturated carbocycles. The Hall–Kier alpha value is -3.89.